The highest BCUT2D eigenvalue weighted by atomic mass is 79.9. The molecule has 0 aromatic carbocycles. The first-order chi connectivity index (χ1) is 7.45. The van der Waals surface area contributed by atoms with Gasteiger partial charge in [0.1, 0.15) is 0 Å². The lowest BCUT2D eigenvalue weighted by molar-refractivity contribution is 0.0330. The van der Waals surface area contributed by atoms with Crippen molar-refractivity contribution < 1.29 is 4.74 Å². The highest BCUT2D eigenvalue weighted by Crippen LogP contribution is 2.29. The van der Waals surface area contributed by atoms with Crippen molar-refractivity contribution >= 4 is 15.9 Å². The van der Waals surface area contributed by atoms with Crippen LogP contribution in [0.4, 0.5) is 0 Å². The van der Waals surface area contributed by atoms with Crippen LogP contribution in [0.5, 0.6) is 0 Å². The summed E-state index contributed by atoms with van der Waals surface area (Å²) < 4.78 is 5.41. The van der Waals surface area contributed by atoms with Crippen molar-refractivity contribution in [2.75, 3.05) is 32.1 Å². The summed E-state index contributed by atoms with van der Waals surface area (Å²) in [6.07, 6.45) is 2.38. The van der Waals surface area contributed by atoms with Crippen LogP contribution in [0, 0.1) is 11.3 Å². The lowest BCUT2D eigenvalue weighted by atomic mass is 9.81. The molecule has 1 aliphatic heterocycles. The third-order valence-corrected chi connectivity index (χ3v) is 4.52. The Labute approximate surface area is 109 Å². The maximum Gasteiger partial charge on any atom is 0.0480 e. The number of hydrogen-bond acceptors (Lipinski definition) is 2. The summed E-state index contributed by atoms with van der Waals surface area (Å²) >= 11 is 3.65. The van der Waals surface area contributed by atoms with Crippen molar-refractivity contribution in [3.63, 3.8) is 0 Å². The van der Waals surface area contributed by atoms with Crippen molar-refractivity contribution in [1.82, 2.24) is 4.90 Å². The van der Waals surface area contributed by atoms with Gasteiger partial charge in [-0.05, 0) is 31.2 Å². The standard InChI is InChI=1S/C13H26BrNO/c1-13(2,3)11(9-14)10-15(4)12-5-7-16-8-6-12/h11-12H,5-10H2,1-4H3. The molecule has 2 nitrogen and oxygen atoms in total. The first-order valence-electron chi connectivity index (χ1n) is 6.29. The van der Waals surface area contributed by atoms with Crippen LogP contribution in [-0.2, 0) is 4.74 Å². The summed E-state index contributed by atoms with van der Waals surface area (Å²) in [5, 5.41) is 1.09. The van der Waals surface area contributed by atoms with Crippen molar-refractivity contribution in [2.45, 2.75) is 39.7 Å². The zero-order valence-electron chi connectivity index (χ0n) is 11.1. The van der Waals surface area contributed by atoms with E-state index in [0.717, 1.165) is 24.6 Å². The van der Waals surface area contributed by atoms with Crippen LogP contribution in [0.25, 0.3) is 0 Å². The molecule has 1 unspecified atom stereocenters. The Balaban J connectivity index is 2.44. The Morgan fingerprint density at radius 2 is 1.88 bits per heavy atom. The molecule has 0 amide bonds. The van der Waals surface area contributed by atoms with Gasteiger partial charge in [-0.1, -0.05) is 36.7 Å². The molecule has 0 N–H and O–H groups in total. The zero-order valence-corrected chi connectivity index (χ0v) is 12.7. The average molecular weight is 292 g/mol. The van der Waals surface area contributed by atoms with Crippen LogP contribution in [0.2, 0.25) is 0 Å². The number of ether oxygens (including phenoxy) is 1. The quantitative estimate of drug-likeness (QED) is 0.738. The van der Waals surface area contributed by atoms with Gasteiger partial charge in [0.05, 0.1) is 0 Å². The molecule has 1 heterocycles. The Kier molecular flexibility index (Phi) is 5.75. The number of halogens is 1. The predicted octanol–water partition coefficient (Wildman–Crippen LogP) is 3.15. The summed E-state index contributed by atoms with van der Waals surface area (Å²) in [5.74, 6) is 0.709. The van der Waals surface area contributed by atoms with E-state index in [1.54, 1.807) is 0 Å². The van der Waals surface area contributed by atoms with Crippen LogP contribution < -0.4 is 0 Å². The van der Waals surface area contributed by atoms with Gasteiger partial charge in [-0.15, -0.1) is 0 Å². The molecular weight excluding hydrogens is 266 g/mol. The van der Waals surface area contributed by atoms with E-state index in [1.807, 2.05) is 0 Å². The maximum absolute atomic E-state index is 5.41. The maximum atomic E-state index is 5.41. The molecule has 1 rings (SSSR count). The molecule has 0 aromatic heterocycles. The molecule has 1 saturated heterocycles. The topological polar surface area (TPSA) is 12.5 Å². The molecule has 0 aliphatic carbocycles. The van der Waals surface area contributed by atoms with Crippen molar-refractivity contribution in [3.05, 3.63) is 0 Å². The number of rotatable bonds is 4. The minimum Gasteiger partial charge on any atom is -0.381 e. The van der Waals surface area contributed by atoms with Gasteiger partial charge >= 0.3 is 0 Å². The smallest absolute Gasteiger partial charge is 0.0480 e. The Hall–Kier alpha value is 0.400. The van der Waals surface area contributed by atoms with Crippen LogP contribution in [-0.4, -0.2) is 43.1 Å². The minimum atomic E-state index is 0.378. The molecule has 96 valence electrons. The van der Waals surface area contributed by atoms with Gasteiger partial charge in [0.15, 0.2) is 0 Å². The molecule has 0 aromatic rings. The number of hydrogen-bond donors (Lipinski definition) is 0. The normalized spacial score (nSPS) is 21.4. The van der Waals surface area contributed by atoms with Gasteiger partial charge < -0.3 is 9.64 Å². The van der Waals surface area contributed by atoms with Crippen LogP contribution in [0.15, 0.2) is 0 Å². The molecule has 16 heavy (non-hydrogen) atoms. The molecule has 0 spiro atoms. The zero-order chi connectivity index (χ0) is 12.2. The number of nitrogens with zero attached hydrogens (tertiary/aromatic N) is 1. The first-order valence-corrected chi connectivity index (χ1v) is 7.41. The number of alkyl halides is 1. The molecule has 0 bridgehead atoms. The Morgan fingerprint density at radius 1 is 1.31 bits per heavy atom. The third-order valence-electron chi connectivity index (χ3n) is 3.73. The fourth-order valence-corrected chi connectivity index (χ4v) is 3.35. The molecule has 1 aliphatic rings. The summed E-state index contributed by atoms with van der Waals surface area (Å²) in [6, 6.07) is 0.720. The van der Waals surface area contributed by atoms with E-state index in [9.17, 15) is 0 Å². The largest absolute Gasteiger partial charge is 0.381 e. The third kappa shape index (κ3) is 4.34. The van der Waals surface area contributed by atoms with E-state index in [4.69, 9.17) is 4.74 Å². The van der Waals surface area contributed by atoms with Gasteiger partial charge in [0.25, 0.3) is 0 Å². The van der Waals surface area contributed by atoms with Crippen LogP contribution in [0.3, 0.4) is 0 Å². The van der Waals surface area contributed by atoms with Crippen LogP contribution >= 0.6 is 15.9 Å². The highest BCUT2D eigenvalue weighted by Gasteiger charge is 2.27. The molecular formula is C13H26BrNO. The van der Waals surface area contributed by atoms with E-state index < -0.39 is 0 Å². The SMILES string of the molecule is CN(CC(CBr)C(C)(C)C)C1CCOCC1. The minimum absolute atomic E-state index is 0.378. The van der Waals surface area contributed by atoms with Gasteiger partial charge in [-0.3, -0.25) is 0 Å². The van der Waals surface area contributed by atoms with Crippen molar-refractivity contribution in [3.8, 4) is 0 Å². The van der Waals surface area contributed by atoms with E-state index in [2.05, 4.69) is 48.6 Å². The lowest BCUT2D eigenvalue weighted by Gasteiger charge is -2.37. The second kappa shape index (κ2) is 6.36. The molecule has 0 radical (unpaired) electrons. The van der Waals surface area contributed by atoms with Crippen LogP contribution in [0.1, 0.15) is 33.6 Å². The average Bonchev–Trinajstić information content (AvgIpc) is 2.25. The van der Waals surface area contributed by atoms with E-state index in [-0.39, 0.29) is 0 Å². The van der Waals surface area contributed by atoms with Crippen molar-refractivity contribution in [1.29, 1.82) is 0 Å². The van der Waals surface area contributed by atoms with Gasteiger partial charge in [-0.25, -0.2) is 0 Å². The summed E-state index contributed by atoms with van der Waals surface area (Å²) in [7, 11) is 2.26. The second-order valence-electron chi connectivity index (χ2n) is 6.00. The van der Waals surface area contributed by atoms with E-state index >= 15 is 0 Å². The molecule has 3 heteroatoms. The summed E-state index contributed by atoms with van der Waals surface area (Å²) in [5.41, 5.74) is 0.378. The Morgan fingerprint density at radius 3 is 2.31 bits per heavy atom. The molecule has 1 atom stereocenters. The van der Waals surface area contributed by atoms with Gasteiger partial charge in [-0.2, -0.15) is 0 Å². The van der Waals surface area contributed by atoms with E-state index in [1.165, 1.54) is 19.4 Å². The molecule has 1 fully saturated rings. The van der Waals surface area contributed by atoms with Gasteiger partial charge in [0.2, 0.25) is 0 Å². The predicted molar refractivity (Wildman–Crippen MR) is 73.2 cm³/mol. The monoisotopic (exact) mass is 291 g/mol. The molecule has 0 saturated carbocycles. The van der Waals surface area contributed by atoms with Gasteiger partial charge in [0, 0.05) is 31.1 Å². The Bertz CT molecular complexity index is 197. The summed E-state index contributed by atoms with van der Waals surface area (Å²) in [6.45, 7) is 10.0. The lowest BCUT2D eigenvalue weighted by Crippen LogP contribution is -2.42. The first kappa shape index (κ1) is 14.5. The fourth-order valence-electron chi connectivity index (χ4n) is 2.18. The van der Waals surface area contributed by atoms with Crippen molar-refractivity contribution in [2.24, 2.45) is 11.3 Å². The fraction of sp³-hybridized carbons (Fsp3) is 1.00. The van der Waals surface area contributed by atoms with E-state index in [0.29, 0.717) is 11.3 Å². The second-order valence-corrected chi connectivity index (χ2v) is 6.65. The summed E-state index contributed by atoms with van der Waals surface area (Å²) in [4.78, 5) is 2.53. The highest BCUT2D eigenvalue weighted by molar-refractivity contribution is 9.09.